The quantitative estimate of drug-likeness (QED) is 0.838. The summed E-state index contributed by atoms with van der Waals surface area (Å²) in [5, 5.41) is 6.38. The Balaban J connectivity index is 1.61. The summed E-state index contributed by atoms with van der Waals surface area (Å²) in [6, 6.07) is 0. The van der Waals surface area contributed by atoms with Crippen LogP contribution >= 0.6 is 0 Å². The van der Waals surface area contributed by atoms with Crippen molar-refractivity contribution in [2.75, 3.05) is 18.4 Å². The van der Waals surface area contributed by atoms with Crippen molar-refractivity contribution in [1.82, 2.24) is 15.3 Å². The first-order valence-electron chi connectivity index (χ1n) is 8.42. The molecule has 5 nitrogen and oxygen atoms in total. The molecular formula is C17H22N4O. The van der Waals surface area contributed by atoms with Gasteiger partial charge in [0.25, 0.3) is 5.91 Å². The van der Waals surface area contributed by atoms with E-state index in [9.17, 15) is 4.79 Å². The minimum Gasteiger partial charge on any atom is -0.366 e. The molecule has 1 aromatic rings. The van der Waals surface area contributed by atoms with Crippen molar-refractivity contribution >= 4 is 11.7 Å². The highest BCUT2D eigenvalue weighted by Gasteiger charge is 2.31. The van der Waals surface area contributed by atoms with E-state index in [-0.39, 0.29) is 5.91 Å². The van der Waals surface area contributed by atoms with E-state index in [4.69, 9.17) is 4.98 Å². The van der Waals surface area contributed by atoms with Crippen molar-refractivity contribution in [1.29, 1.82) is 0 Å². The molecule has 4 rings (SSSR count). The maximum absolute atomic E-state index is 12.1. The second-order valence-electron chi connectivity index (χ2n) is 6.50. The van der Waals surface area contributed by atoms with Gasteiger partial charge in [-0.15, -0.1) is 0 Å². The van der Waals surface area contributed by atoms with Gasteiger partial charge in [0.15, 0.2) is 0 Å². The Morgan fingerprint density at radius 1 is 1.23 bits per heavy atom. The number of carbonyl (C=O) groups excluding carboxylic acids is 1. The molecule has 22 heavy (non-hydrogen) atoms. The summed E-state index contributed by atoms with van der Waals surface area (Å²) in [6.45, 7) is 1.52. The van der Waals surface area contributed by atoms with E-state index in [1.54, 1.807) is 0 Å². The molecule has 0 unspecified atom stereocenters. The molecule has 3 aliphatic rings. The number of hydrogen-bond acceptors (Lipinski definition) is 4. The maximum atomic E-state index is 12.1. The summed E-state index contributed by atoms with van der Waals surface area (Å²) in [5.41, 5.74) is 3.04. The molecule has 0 saturated heterocycles. The third-order valence-electron chi connectivity index (χ3n) is 4.71. The van der Waals surface area contributed by atoms with Gasteiger partial charge in [-0.05, 0) is 44.9 Å². The number of nitrogens with zero attached hydrogens (tertiary/aromatic N) is 2. The van der Waals surface area contributed by atoms with Gasteiger partial charge in [-0.1, -0.05) is 11.6 Å². The van der Waals surface area contributed by atoms with Crippen LogP contribution in [-0.2, 0) is 6.42 Å². The first kappa shape index (κ1) is 13.7. The average Bonchev–Trinajstić information content (AvgIpc) is 3.39. The zero-order chi connectivity index (χ0) is 14.9. The summed E-state index contributed by atoms with van der Waals surface area (Å²) in [4.78, 5) is 21.4. The first-order valence-corrected chi connectivity index (χ1v) is 8.42. The smallest absolute Gasteiger partial charge is 0.270 e. The normalized spacial score (nSPS) is 20.9. The number of aromatic nitrogens is 2. The van der Waals surface area contributed by atoms with Gasteiger partial charge in [0.1, 0.15) is 17.3 Å². The Morgan fingerprint density at radius 2 is 2.14 bits per heavy atom. The standard InChI is InChI=1S/C17H22N4O/c22-17-14-13(8-9-18-17)16(21-15(20-14)12-6-7-12)19-10-11-4-2-1-3-5-11/h4,12H,1-3,5-10H2,(H,18,22)(H,19,20,21). The van der Waals surface area contributed by atoms with Crippen molar-refractivity contribution in [3.8, 4) is 0 Å². The Bertz CT molecular complexity index is 634. The monoisotopic (exact) mass is 298 g/mol. The van der Waals surface area contributed by atoms with E-state index in [0.717, 1.165) is 43.0 Å². The lowest BCUT2D eigenvalue weighted by Gasteiger charge is -2.21. The predicted molar refractivity (Wildman–Crippen MR) is 85.1 cm³/mol. The van der Waals surface area contributed by atoms with Crippen molar-refractivity contribution in [3.05, 3.63) is 28.7 Å². The highest BCUT2D eigenvalue weighted by atomic mass is 16.1. The summed E-state index contributed by atoms with van der Waals surface area (Å²) in [5.74, 6) is 2.13. The molecule has 2 heterocycles. The highest BCUT2D eigenvalue weighted by molar-refractivity contribution is 5.96. The van der Waals surface area contributed by atoms with Crippen LogP contribution in [-0.4, -0.2) is 29.0 Å². The molecule has 0 radical (unpaired) electrons. The Hall–Kier alpha value is -1.91. The van der Waals surface area contributed by atoms with E-state index >= 15 is 0 Å². The van der Waals surface area contributed by atoms with E-state index in [0.29, 0.717) is 18.2 Å². The number of allylic oxidation sites excluding steroid dienone is 1. The van der Waals surface area contributed by atoms with Gasteiger partial charge in [-0.3, -0.25) is 4.79 Å². The molecule has 1 aromatic heterocycles. The van der Waals surface area contributed by atoms with E-state index in [1.165, 1.54) is 31.3 Å². The van der Waals surface area contributed by atoms with E-state index in [1.807, 2.05) is 0 Å². The SMILES string of the molecule is O=C1NCCc2c(NCC3=CCCCC3)nc(C3CC3)nc21. The maximum Gasteiger partial charge on any atom is 0.270 e. The Kier molecular flexibility index (Phi) is 3.56. The number of anilines is 1. The second-order valence-corrected chi connectivity index (χ2v) is 6.50. The number of fused-ring (bicyclic) bond motifs is 1. The minimum absolute atomic E-state index is 0.0505. The van der Waals surface area contributed by atoms with Crippen molar-refractivity contribution in [2.24, 2.45) is 0 Å². The molecular weight excluding hydrogens is 276 g/mol. The number of rotatable bonds is 4. The molecule has 1 saturated carbocycles. The number of amides is 1. The van der Waals surface area contributed by atoms with Gasteiger partial charge >= 0.3 is 0 Å². The predicted octanol–water partition coefficient (Wildman–Crippen LogP) is 2.55. The van der Waals surface area contributed by atoms with Crippen LogP contribution in [0, 0.1) is 0 Å². The van der Waals surface area contributed by atoms with Gasteiger partial charge in [-0.25, -0.2) is 9.97 Å². The fraction of sp³-hybridized carbons (Fsp3) is 0.588. The van der Waals surface area contributed by atoms with Crippen molar-refractivity contribution < 1.29 is 4.79 Å². The number of nitrogens with one attached hydrogen (secondary N) is 2. The van der Waals surface area contributed by atoms with Crippen LogP contribution in [0.25, 0.3) is 0 Å². The summed E-state index contributed by atoms with van der Waals surface area (Å²) in [7, 11) is 0. The molecule has 0 atom stereocenters. The number of carbonyl (C=O) groups is 1. The van der Waals surface area contributed by atoms with E-state index in [2.05, 4.69) is 21.7 Å². The van der Waals surface area contributed by atoms with Gasteiger partial charge in [0.05, 0.1) is 0 Å². The lowest BCUT2D eigenvalue weighted by atomic mass is 9.99. The van der Waals surface area contributed by atoms with Crippen molar-refractivity contribution in [3.63, 3.8) is 0 Å². The lowest BCUT2D eigenvalue weighted by molar-refractivity contribution is 0.0940. The molecule has 116 valence electrons. The third kappa shape index (κ3) is 2.72. The molecule has 2 aliphatic carbocycles. The van der Waals surface area contributed by atoms with Crippen LogP contribution < -0.4 is 10.6 Å². The zero-order valence-corrected chi connectivity index (χ0v) is 12.8. The van der Waals surface area contributed by atoms with Gasteiger partial charge in [0.2, 0.25) is 0 Å². The van der Waals surface area contributed by atoms with Crippen LogP contribution in [0.15, 0.2) is 11.6 Å². The molecule has 5 heteroatoms. The van der Waals surface area contributed by atoms with Crippen LogP contribution in [0.4, 0.5) is 5.82 Å². The van der Waals surface area contributed by atoms with Gasteiger partial charge < -0.3 is 10.6 Å². The molecule has 1 aliphatic heterocycles. The van der Waals surface area contributed by atoms with Crippen molar-refractivity contribution in [2.45, 2.75) is 50.9 Å². The van der Waals surface area contributed by atoms with Gasteiger partial charge in [-0.2, -0.15) is 0 Å². The fourth-order valence-corrected chi connectivity index (χ4v) is 3.24. The summed E-state index contributed by atoms with van der Waals surface area (Å²) >= 11 is 0. The fourth-order valence-electron chi connectivity index (χ4n) is 3.24. The molecule has 0 aromatic carbocycles. The molecule has 2 N–H and O–H groups in total. The number of hydrogen-bond donors (Lipinski definition) is 2. The minimum atomic E-state index is -0.0505. The van der Waals surface area contributed by atoms with Crippen LogP contribution in [0.3, 0.4) is 0 Å². The van der Waals surface area contributed by atoms with Gasteiger partial charge in [0, 0.05) is 24.6 Å². The Morgan fingerprint density at radius 3 is 2.91 bits per heavy atom. The summed E-state index contributed by atoms with van der Waals surface area (Å²) < 4.78 is 0. The second kappa shape index (κ2) is 5.71. The molecule has 1 fully saturated rings. The zero-order valence-electron chi connectivity index (χ0n) is 12.8. The topological polar surface area (TPSA) is 66.9 Å². The summed E-state index contributed by atoms with van der Waals surface area (Å²) in [6.07, 6.45) is 10.4. The largest absolute Gasteiger partial charge is 0.366 e. The first-order chi connectivity index (χ1) is 10.8. The van der Waals surface area contributed by atoms with E-state index < -0.39 is 0 Å². The molecule has 1 amide bonds. The molecule has 0 spiro atoms. The highest BCUT2D eigenvalue weighted by Crippen LogP contribution is 2.39. The Labute approximate surface area is 130 Å². The third-order valence-corrected chi connectivity index (χ3v) is 4.71. The average molecular weight is 298 g/mol. The van der Waals surface area contributed by atoms with Crippen LogP contribution in [0.5, 0.6) is 0 Å². The van der Waals surface area contributed by atoms with Crippen LogP contribution in [0.1, 0.15) is 66.3 Å². The van der Waals surface area contributed by atoms with Crippen LogP contribution in [0.2, 0.25) is 0 Å². The lowest BCUT2D eigenvalue weighted by Crippen LogP contribution is -2.34. The molecule has 0 bridgehead atoms.